The minimum Gasteiger partial charge on any atom is -0.272 e. The Hall–Kier alpha value is -2.71. The van der Waals surface area contributed by atoms with Crippen LogP contribution >= 0.6 is 23.2 Å². The topological polar surface area (TPSA) is 78.8 Å². The number of hydrogen-bond donors (Lipinski definition) is 1. The highest BCUT2D eigenvalue weighted by Crippen LogP contribution is 2.20. The zero-order chi connectivity index (χ0) is 23.1. The number of carbonyl (C=O) groups is 1. The molecular formula is C23H21Cl2N3O3S. The number of hydrazone groups is 1. The maximum Gasteiger partial charge on any atom is 0.255 e. The molecule has 3 aromatic carbocycles. The maximum absolute atomic E-state index is 13.3. The SMILES string of the molecule is Cc1ccc(S(=O)(=O)N(CC(=O)N/N=C\c2ccccc2Cl)Cc2cccc(Cl)c2)cc1. The van der Waals surface area contributed by atoms with Crippen LogP contribution in [-0.2, 0) is 21.4 Å². The monoisotopic (exact) mass is 489 g/mol. The van der Waals surface area contributed by atoms with E-state index in [-0.39, 0.29) is 11.4 Å². The second kappa shape index (κ2) is 10.7. The molecule has 0 heterocycles. The van der Waals surface area contributed by atoms with Gasteiger partial charge in [0, 0.05) is 22.2 Å². The molecule has 3 aromatic rings. The van der Waals surface area contributed by atoms with E-state index in [0.29, 0.717) is 21.2 Å². The Kier molecular flexibility index (Phi) is 8.04. The first-order valence-electron chi connectivity index (χ1n) is 9.63. The molecule has 0 bridgehead atoms. The van der Waals surface area contributed by atoms with Crippen molar-refractivity contribution in [1.29, 1.82) is 0 Å². The molecule has 0 aromatic heterocycles. The molecule has 9 heteroatoms. The van der Waals surface area contributed by atoms with Gasteiger partial charge in [0.25, 0.3) is 5.91 Å². The van der Waals surface area contributed by atoms with Gasteiger partial charge < -0.3 is 0 Å². The molecule has 166 valence electrons. The number of rotatable bonds is 8. The number of sulfonamides is 1. The van der Waals surface area contributed by atoms with E-state index >= 15 is 0 Å². The van der Waals surface area contributed by atoms with Gasteiger partial charge in [0.05, 0.1) is 17.7 Å². The minimum atomic E-state index is -3.95. The fraction of sp³-hybridized carbons (Fsp3) is 0.130. The Labute approximate surface area is 197 Å². The highest BCUT2D eigenvalue weighted by atomic mass is 35.5. The first-order valence-corrected chi connectivity index (χ1v) is 11.8. The molecule has 0 unspecified atom stereocenters. The van der Waals surface area contributed by atoms with Crippen LogP contribution in [0, 0.1) is 6.92 Å². The predicted octanol–water partition coefficient (Wildman–Crippen LogP) is 4.64. The molecule has 0 saturated heterocycles. The van der Waals surface area contributed by atoms with Crippen LogP contribution in [0.1, 0.15) is 16.7 Å². The van der Waals surface area contributed by atoms with Crippen LogP contribution in [0.4, 0.5) is 0 Å². The van der Waals surface area contributed by atoms with Gasteiger partial charge in [-0.25, -0.2) is 13.8 Å². The fourth-order valence-corrected chi connectivity index (χ4v) is 4.66. The lowest BCUT2D eigenvalue weighted by Gasteiger charge is -2.21. The molecule has 1 N–H and O–H groups in total. The molecule has 0 aliphatic carbocycles. The zero-order valence-corrected chi connectivity index (χ0v) is 19.5. The van der Waals surface area contributed by atoms with Gasteiger partial charge >= 0.3 is 0 Å². The van der Waals surface area contributed by atoms with E-state index in [1.807, 2.05) is 6.92 Å². The van der Waals surface area contributed by atoms with Gasteiger partial charge in [0.15, 0.2) is 0 Å². The third-order valence-corrected chi connectivity index (χ3v) is 6.91. The maximum atomic E-state index is 13.3. The van der Waals surface area contributed by atoms with Crippen molar-refractivity contribution in [1.82, 2.24) is 9.73 Å². The molecule has 6 nitrogen and oxygen atoms in total. The molecule has 32 heavy (non-hydrogen) atoms. The van der Waals surface area contributed by atoms with E-state index < -0.39 is 22.5 Å². The number of amides is 1. The second-order valence-electron chi connectivity index (χ2n) is 7.03. The smallest absolute Gasteiger partial charge is 0.255 e. The Bertz CT molecular complexity index is 1230. The van der Waals surface area contributed by atoms with Crippen LogP contribution in [-0.4, -0.2) is 31.4 Å². The number of nitrogens with zero attached hydrogens (tertiary/aromatic N) is 2. The third kappa shape index (κ3) is 6.40. The summed E-state index contributed by atoms with van der Waals surface area (Å²) in [5.41, 5.74) is 4.56. The Morgan fingerprint density at radius 2 is 1.75 bits per heavy atom. The molecule has 0 radical (unpaired) electrons. The van der Waals surface area contributed by atoms with Gasteiger partial charge in [-0.2, -0.15) is 9.41 Å². The zero-order valence-electron chi connectivity index (χ0n) is 17.2. The lowest BCUT2D eigenvalue weighted by molar-refractivity contribution is -0.121. The summed E-state index contributed by atoms with van der Waals surface area (Å²) in [6.45, 7) is 1.41. The highest BCUT2D eigenvalue weighted by molar-refractivity contribution is 7.89. The van der Waals surface area contributed by atoms with Crippen molar-refractivity contribution in [2.24, 2.45) is 5.10 Å². The fourth-order valence-electron chi connectivity index (χ4n) is 2.87. The molecule has 0 spiro atoms. The standard InChI is InChI=1S/C23H21Cl2N3O3S/c1-17-9-11-21(12-10-17)32(30,31)28(15-18-5-4-7-20(24)13-18)16-23(29)27-26-14-19-6-2-3-8-22(19)25/h2-14H,15-16H2,1H3,(H,27,29)/b26-14-. The van der Waals surface area contributed by atoms with E-state index in [4.69, 9.17) is 23.2 Å². The van der Waals surface area contributed by atoms with Crippen molar-refractivity contribution < 1.29 is 13.2 Å². The molecule has 0 atom stereocenters. The van der Waals surface area contributed by atoms with Crippen molar-refractivity contribution >= 4 is 45.3 Å². The van der Waals surface area contributed by atoms with Gasteiger partial charge in [0.2, 0.25) is 10.0 Å². The van der Waals surface area contributed by atoms with E-state index in [1.165, 1.54) is 18.3 Å². The number of benzene rings is 3. The summed E-state index contributed by atoms with van der Waals surface area (Å²) in [4.78, 5) is 12.6. The number of carbonyl (C=O) groups excluding carboxylic acids is 1. The number of hydrogen-bond acceptors (Lipinski definition) is 4. The highest BCUT2D eigenvalue weighted by Gasteiger charge is 2.27. The van der Waals surface area contributed by atoms with Crippen molar-refractivity contribution in [3.05, 3.63) is 99.5 Å². The Balaban J connectivity index is 1.81. The van der Waals surface area contributed by atoms with Crippen molar-refractivity contribution in [2.45, 2.75) is 18.4 Å². The summed E-state index contributed by atoms with van der Waals surface area (Å²) < 4.78 is 27.6. The van der Waals surface area contributed by atoms with Gasteiger partial charge in [-0.15, -0.1) is 0 Å². The van der Waals surface area contributed by atoms with Crippen molar-refractivity contribution in [3.63, 3.8) is 0 Å². The Morgan fingerprint density at radius 3 is 2.44 bits per heavy atom. The molecule has 0 saturated carbocycles. The average Bonchev–Trinajstić information content (AvgIpc) is 2.75. The van der Waals surface area contributed by atoms with Gasteiger partial charge in [-0.1, -0.05) is 71.2 Å². The molecule has 0 aliphatic rings. The van der Waals surface area contributed by atoms with Crippen LogP contribution < -0.4 is 5.43 Å². The minimum absolute atomic E-state index is 0.0293. The largest absolute Gasteiger partial charge is 0.272 e. The molecule has 0 aliphatic heterocycles. The first kappa shape index (κ1) is 23.9. The number of halogens is 2. The lowest BCUT2D eigenvalue weighted by Crippen LogP contribution is -2.39. The van der Waals surface area contributed by atoms with E-state index in [2.05, 4.69) is 10.5 Å². The van der Waals surface area contributed by atoms with Crippen LogP contribution in [0.5, 0.6) is 0 Å². The van der Waals surface area contributed by atoms with Crippen LogP contribution in [0.2, 0.25) is 10.0 Å². The van der Waals surface area contributed by atoms with Crippen molar-refractivity contribution in [3.8, 4) is 0 Å². The normalized spacial score (nSPS) is 11.8. The molecular weight excluding hydrogens is 469 g/mol. The number of aryl methyl sites for hydroxylation is 1. The molecule has 1 amide bonds. The molecule has 0 fully saturated rings. The third-order valence-electron chi connectivity index (χ3n) is 4.52. The predicted molar refractivity (Wildman–Crippen MR) is 127 cm³/mol. The van der Waals surface area contributed by atoms with Crippen LogP contribution in [0.3, 0.4) is 0 Å². The second-order valence-corrected chi connectivity index (χ2v) is 9.81. The van der Waals surface area contributed by atoms with E-state index in [0.717, 1.165) is 9.87 Å². The summed E-state index contributed by atoms with van der Waals surface area (Å²) in [6.07, 6.45) is 1.40. The summed E-state index contributed by atoms with van der Waals surface area (Å²) >= 11 is 12.1. The summed E-state index contributed by atoms with van der Waals surface area (Å²) in [7, 11) is -3.95. The lowest BCUT2D eigenvalue weighted by atomic mass is 10.2. The summed E-state index contributed by atoms with van der Waals surface area (Å²) in [5, 5.41) is 4.85. The van der Waals surface area contributed by atoms with Crippen LogP contribution in [0.25, 0.3) is 0 Å². The number of nitrogens with one attached hydrogen (secondary N) is 1. The summed E-state index contributed by atoms with van der Waals surface area (Å²) in [5.74, 6) is -0.592. The van der Waals surface area contributed by atoms with Crippen molar-refractivity contribution in [2.75, 3.05) is 6.54 Å². The van der Waals surface area contributed by atoms with E-state index in [1.54, 1.807) is 60.7 Å². The van der Waals surface area contributed by atoms with Gasteiger partial charge in [-0.3, -0.25) is 4.79 Å². The average molecular weight is 490 g/mol. The molecule has 3 rings (SSSR count). The van der Waals surface area contributed by atoms with Gasteiger partial charge in [0.1, 0.15) is 0 Å². The van der Waals surface area contributed by atoms with Crippen LogP contribution in [0.15, 0.2) is 82.8 Å². The first-order chi connectivity index (χ1) is 15.3. The summed E-state index contributed by atoms with van der Waals surface area (Å²) in [6, 6.07) is 20.3. The van der Waals surface area contributed by atoms with Gasteiger partial charge in [-0.05, 0) is 42.8 Å². The Morgan fingerprint density at radius 1 is 1.03 bits per heavy atom. The van der Waals surface area contributed by atoms with E-state index in [9.17, 15) is 13.2 Å². The quantitative estimate of drug-likeness (QED) is 0.369.